The van der Waals surface area contributed by atoms with Gasteiger partial charge in [0.2, 0.25) is 0 Å². The third-order valence-electron chi connectivity index (χ3n) is 1.99. The third kappa shape index (κ3) is 24.7. The molecular formula is C13H27O2. The van der Waals surface area contributed by atoms with Crippen molar-refractivity contribution in [3.05, 3.63) is 6.42 Å². The van der Waals surface area contributed by atoms with Gasteiger partial charge in [-0.05, 0) is 12.8 Å². The summed E-state index contributed by atoms with van der Waals surface area (Å²) in [5.74, 6) is -0.663. The summed E-state index contributed by atoms with van der Waals surface area (Å²) in [5.41, 5.74) is 0. The van der Waals surface area contributed by atoms with Crippen LogP contribution in [0.1, 0.15) is 72.1 Å². The van der Waals surface area contributed by atoms with Crippen LogP contribution in [0.25, 0.3) is 0 Å². The summed E-state index contributed by atoms with van der Waals surface area (Å²) in [5, 5.41) is 8.35. The lowest BCUT2D eigenvalue weighted by atomic mass is 10.1. The maximum atomic E-state index is 10.1. The zero-order valence-electron chi connectivity index (χ0n) is 10.6. The molecule has 0 aliphatic heterocycles. The largest absolute Gasteiger partial charge is 0.481 e. The van der Waals surface area contributed by atoms with E-state index in [9.17, 15) is 4.79 Å². The van der Waals surface area contributed by atoms with Gasteiger partial charge in [0.05, 0.1) is 0 Å². The first-order valence-corrected chi connectivity index (χ1v) is 6.14. The average molecular weight is 215 g/mol. The van der Waals surface area contributed by atoms with Crippen molar-refractivity contribution in [3.8, 4) is 0 Å². The van der Waals surface area contributed by atoms with Gasteiger partial charge < -0.3 is 5.11 Å². The van der Waals surface area contributed by atoms with Crippen molar-refractivity contribution >= 4 is 5.97 Å². The molecule has 0 aliphatic carbocycles. The molecule has 0 fully saturated rings. The van der Waals surface area contributed by atoms with E-state index in [1.165, 1.54) is 32.1 Å². The molecular weight excluding hydrogens is 188 g/mol. The molecule has 0 aromatic rings. The SMILES string of the molecule is CCCCCCCCCC(=O)O.C[CH]C. The molecule has 0 aliphatic rings. The number of aliphatic carboxylic acids is 1. The molecule has 0 saturated heterocycles. The second-order valence-electron chi connectivity index (χ2n) is 3.84. The summed E-state index contributed by atoms with van der Waals surface area (Å²) in [4.78, 5) is 10.1. The van der Waals surface area contributed by atoms with Crippen LogP contribution in [0.2, 0.25) is 0 Å². The maximum Gasteiger partial charge on any atom is 0.303 e. The highest BCUT2D eigenvalue weighted by molar-refractivity contribution is 5.66. The van der Waals surface area contributed by atoms with Crippen molar-refractivity contribution in [1.29, 1.82) is 0 Å². The summed E-state index contributed by atoms with van der Waals surface area (Å²) in [6.07, 6.45) is 10.6. The van der Waals surface area contributed by atoms with Crippen molar-refractivity contribution in [2.24, 2.45) is 0 Å². The lowest BCUT2D eigenvalue weighted by Gasteiger charge is -1.98. The smallest absolute Gasteiger partial charge is 0.303 e. The second-order valence-corrected chi connectivity index (χ2v) is 3.84. The Hall–Kier alpha value is -0.530. The maximum absolute atomic E-state index is 10.1. The highest BCUT2D eigenvalue weighted by Crippen LogP contribution is 2.07. The molecule has 0 atom stereocenters. The molecule has 0 unspecified atom stereocenters. The van der Waals surface area contributed by atoms with Crippen LogP contribution < -0.4 is 0 Å². The van der Waals surface area contributed by atoms with Crippen molar-refractivity contribution in [2.45, 2.75) is 72.1 Å². The van der Waals surface area contributed by atoms with Gasteiger partial charge in [-0.2, -0.15) is 0 Å². The van der Waals surface area contributed by atoms with E-state index in [0.717, 1.165) is 12.8 Å². The van der Waals surface area contributed by atoms with Crippen LogP contribution in [0.15, 0.2) is 0 Å². The van der Waals surface area contributed by atoms with E-state index in [4.69, 9.17) is 5.11 Å². The number of rotatable bonds is 8. The molecule has 15 heavy (non-hydrogen) atoms. The molecule has 91 valence electrons. The van der Waals surface area contributed by atoms with Crippen LogP contribution in [0.3, 0.4) is 0 Å². The Morgan fingerprint density at radius 2 is 1.40 bits per heavy atom. The van der Waals surface area contributed by atoms with Gasteiger partial charge in [-0.1, -0.05) is 59.3 Å². The fraction of sp³-hybridized carbons (Fsp3) is 0.846. The summed E-state index contributed by atoms with van der Waals surface area (Å²) in [7, 11) is 0. The Labute approximate surface area is 95.1 Å². The molecule has 2 nitrogen and oxygen atoms in total. The molecule has 2 heteroatoms. The molecule has 0 aromatic carbocycles. The minimum Gasteiger partial charge on any atom is -0.481 e. The van der Waals surface area contributed by atoms with Crippen molar-refractivity contribution < 1.29 is 9.90 Å². The Balaban J connectivity index is 0. The summed E-state index contributed by atoms with van der Waals surface area (Å²) < 4.78 is 0. The predicted molar refractivity (Wildman–Crippen MR) is 65.9 cm³/mol. The van der Waals surface area contributed by atoms with Crippen molar-refractivity contribution in [3.63, 3.8) is 0 Å². The zero-order chi connectivity index (χ0) is 11.9. The summed E-state index contributed by atoms with van der Waals surface area (Å²) in [6, 6.07) is 0. The number of hydrogen-bond acceptors (Lipinski definition) is 1. The quantitative estimate of drug-likeness (QED) is 0.608. The van der Waals surface area contributed by atoms with Crippen LogP contribution >= 0.6 is 0 Å². The average Bonchev–Trinajstić information content (AvgIpc) is 2.17. The van der Waals surface area contributed by atoms with Crippen LogP contribution in [0, 0.1) is 6.42 Å². The van der Waals surface area contributed by atoms with Crippen LogP contribution in [-0.2, 0) is 4.79 Å². The first kappa shape index (κ1) is 16.9. The molecule has 0 heterocycles. The number of carbonyl (C=O) groups is 1. The molecule has 0 spiro atoms. The van der Waals surface area contributed by atoms with Gasteiger partial charge >= 0.3 is 5.97 Å². The van der Waals surface area contributed by atoms with Crippen molar-refractivity contribution in [1.82, 2.24) is 0 Å². The van der Waals surface area contributed by atoms with Crippen LogP contribution in [-0.4, -0.2) is 11.1 Å². The summed E-state index contributed by atoms with van der Waals surface area (Å²) in [6.45, 7) is 6.20. The minimum absolute atomic E-state index is 0.341. The first-order valence-electron chi connectivity index (χ1n) is 6.14. The van der Waals surface area contributed by atoms with E-state index >= 15 is 0 Å². The highest BCUT2D eigenvalue weighted by Gasteiger charge is 1.95. The predicted octanol–water partition coefficient (Wildman–Crippen LogP) is 4.44. The molecule has 1 N–H and O–H groups in total. The molecule has 1 radical (unpaired) electrons. The van der Waals surface area contributed by atoms with E-state index in [2.05, 4.69) is 6.92 Å². The lowest BCUT2D eigenvalue weighted by molar-refractivity contribution is -0.137. The number of hydrogen-bond donors (Lipinski definition) is 1. The van der Waals surface area contributed by atoms with Gasteiger partial charge in [-0.15, -0.1) is 0 Å². The first-order chi connectivity index (χ1) is 7.18. The van der Waals surface area contributed by atoms with Gasteiger partial charge in [-0.25, -0.2) is 0 Å². The highest BCUT2D eigenvalue weighted by atomic mass is 16.4. The normalized spacial score (nSPS) is 9.27. The lowest BCUT2D eigenvalue weighted by Crippen LogP contribution is -1.93. The molecule has 0 amide bonds. The molecule has 0 saturated carbocycles. The molecule has 0 bridgehead atoms. The van der Waals surface area contributed by atoms with Gasteiger partial charge in [0, 0.05) is 6.42 Å². The second kappa shape index (κ2) is 15.9. The van der Waals surface area contributed by atoms with Gasteiger partial charge in [0.25, 0.3) is 0 Å². The van der Waals surface area contributed by atoms with Gasteiger partial charge in [0.15, 0.2) is 0 Å². The Morgan fingerprint density at radius 1 is 1.00 bits per heavy atom. The monoisotopic (exact) mass is 215 g/mol. The summed E-state index contributed by atoms with van der Waals surface area (Å²) >= 11 is 0. The van der Waals surface area contributed by atoms with E-state index in [-0.39, 0.29) is 0 Å². The fourth-order valence-corrected chi connectivity index (χ4v) is 1.23. The number of carboxylic acids is 1. The topological polar surface area (TPSA) is 37.3 Å². The van der Waals surface area contributed by atoms with Crippen LogP contribution in [0.5, 0.6) is 0 Å². The van der Waals surface area contributed by atoms with E-state index in [1.54, 1.807) is 0 Å². The fourth-order valence-electron chi connectivity index (χ4n) is 1.23. The van der Waals surface area contributed by atoms with E-state index < -0.39 is 5.97 Å². The number of unbranched alkanes of at least 4 members (excludes halogenated alkanes) is 6. The number of carboxylic acid groups (broad SMARTS) is 1. The molecule has 0 rings (SSSR count). The van der Waals surface area contributed by atoms with Gasteiger partial charge in [0.1, 0.15) is 0 Å². The zero-order valence-corrected chi connectivity index (χ0v) is 10.6. The van der Waals surface area contributed by atoms with Crippen molar-refractivity contribution in [2.75, 3.05) is 0 Å². The standard InChI is InChI=1S/C10H20O2.C3H7/c1-2-3-4-5-6-7-8-9-10(11)12;1-3-2/h2-9H2,1H3,(H,11,12);3H,1-2H3. The minimum atomic E-state index is -0.663. The Bertz CT molecular complexity index is 122. The van der Waals surface area contributed by atoms with E-state index in [1.807, 2.05) is 20.3 Å². The van der Waals surface area contributed by atoms with E-state index in [0.29, 0.717) is 6.42 Å². The third-order valence-corrected chi connectivity index (χ3v) is 1.99. The Kier molecular flexibility index (Phi) is 17.9. The Morgan fingerprint density at radius 3 is 1.80 bits per heavy atom. The van der Waals surface area contributed by atoms with Gasteiger partial charge in [-0.3, -0.25) is 4.79 Å². The van der Waals surface area contributed by atoms with Crippen LogP contribution in [0.4, 0.5) is 0 Å². The molecule has 0 aromatic heterocycles.